The van der Waals surface area contributed by atoms with Crippen LogP contribution in [-0.2, 0) is 6.42 Å². The summed E-state index contributed by atoms with van der Waals surface area (Å²) in [6.07, 6.45) is 5.19. The Morgan fingerprint density at radius 3 is 2.32 bits per heavy atom. The summed E-state index contributed by atoms with van der Waals surface area (Å²) in [5, 5.41) is 5.90. The average Bonchev–Trinajstić information content (AvgIpc) is 3.20. The Morgan fingerprint density at radius 2 is 1.62 bits per heavy atom. The maximum atomic E-state index is 13.0. The lowest BCUT2D eigenvalue weighted by molar-refractivity contribution is 0.0761. The molecule has 0 spiro atoms. The fraction of sp³-hybridized carbons (Fsp3) is 0.276. The van der Waals surface area contributed by atoms with Crippen LogP contribution in [0.3, 0.4) is 0 Å². The van der Waals surface area contributed by atoms with E-state index in [1.54, 1.807) is 36.4 Å². The van der Waals surface area contributed by atoms with Crippen molar-refractivity contribution >= 4 is 50.8 Å². The lowest BCUT2D eigenvalue weighted by Crippen LogP contribution is -2.34. The molecule has 1 aliphatic heterocycles. The second kappa shape index (κ2) is 13.4. The van der Waals surface area contributed by atoms with E-state index in [1.165, 1.54) is 12.8 Å². The molecule has 3 aromatic carbocycles. The molecule has 0 saturated carbocycles. The van der Waals surface area contributed by atoms with Crippen molar-refractivity contribution in [3.05, 3.63) is 94.0 Å². The number of hydrogen-bond donors (Lipinski definition) is 2. The molecule has 2 N–H and O–H groups in total. The van der Waals surface area contributed by atoms with Gasteiger partial charge >= 0.3 is 0 Å². The predicted molar refractivity (Wildman–Crippen MR) is 154 cm³/mol. The third kappa shape index (κ3) is 7.87. The number of carbonyl (C=O) groups excluding carboxylic acids is 2. The highest BCUT2D eigenvalue weighted by molar-refractivity contribution is 9.10. The second-order valence-corrected chi connectivity index (χ2v) is 10.2. The van der Waals surface area contributed by atoms with Crippen LogP contribution in [0.5, 0.6) is 5.75 Å². The van der Waals surface area contributed by atoms with Crippen LogP contribution < -0.4 is 15.4 Å². The van der Waals surface area contributed by atoms with Gasteiger partial charge in [0, 0.05) is 35.2 Å². The van der Waals surface area contributed by atoms with E-state index in [0.29, 0.717) is 29.2 Å². The summed E-state index contributed by atoms with van der Waals surface area (Å²) in [6, 6.07) is 22.5. The Kier molecular flexibility index (Phi) is 9.68. The summed E-state index contributed by atoms with van der Waals surface area (Å²) in [7, 11) is 0. The van der Waals surface area contributed by atoms with Crippen LogP contribution in [0.1, 0.15) is 52.0 Å². The highest BCUT2D eigenvalue weighted by Crippen LogP contribution is 2.24. The highest BCUT2D eigenvalue weighted by atomic mass is 79.9. The Balaban J connectivity index is 1.33. The van der Waals surface area contributed by atoms with Gasteiger partial charge in [-0.25, -0.2) is 0 Å². The monoisotopic (exact) mass is 579 g/mol. The number of nitrogens with zero attached hydrogens (tertiary/aromatic N) is 1. The molecule has 0 bridgehead atoms. The zero-order valence-corrected chi connectivity index (χ0v) is 22.9. The first-order valence-electron chi connectivity index (χ1n) is 12.5. The standard InChI is InChI=1S/C29H30BrN3O3S/c30-23-12-15-26(36-19-16-21-8-4-3-5-9-21)25(20-23)27(34)32-29(37)31-24-13-10-22(11-14-24)28(35)33-17-6-1-2-7-18-33/h3-5,8-15,20H,1-2,6-7,16-19H2,(H2,31,32,34,37). The van der Waals surface area contributed by atoms with Crippen LogP contribution >= 0.6 is 28.1 Å². The molecule has 0 aromatic heterocycles. The maximum Gasteiger partial charge on any atom is 0.261 e. The summed E-state index contributed by atoms with van der Waals surface area (Å²) < 4.78 is 6.69. The van der Waals surface area contributed by atoms with Crippen LogP contribution in [-0.4, -0.2) is 41.5 Å². The normalized spacial score (nSPS) is 13.4. The van der Waals surface area contributed by atoms with E-state index in [2.05, 4.69) is 26.6 Å². The third-order valence-corrected chi connectivity index (χ3v) is 6.88. The topological polar surface area (TPSA) is 70.7 Å². The third-order valence-electron chi connectivity index (χ3n) is 6.19. The Labute approximate surface area is 231 Å². The van der Waals surface area contributed by atoms with Crippen molar-refractivity contribution in [1.82, 2.24) is 10.2 Å². The minimum atomic E-state index is -0.374. The summed E-state index contributed by atoms with van der Waals surface area (Å²) in [4.78, 5) is 27.7. The number of thiocarbonyl (C=S) groups is 1. The van der Waals surface area contributed by atoms with E-state index in [1.807, 2.05) is 41.3 Å². The highest BCUT2D eigenvalue weighted by Gasteiger charge is 2.18. The Morgan fingerprint density at radius 1 is 0.919 bits per heavy atom. The van der Waals surface area contributed by atoms with Crippen LogP contribution in [0, 0.1) is 0 Å². The molecule has 1 heterocycles. The van der Waals surface area contributed by atoms with Gasteiger partial charge in [0.2, 0.25) is 0 Å². The number of carbonyl (C=O) groups is 2. The summed E-state index contributed by atoms with van der Waals surface area (Å²) >= 11 is 8.80. The number of rotatable bonds is 7. The number of ether oxygens (including phenoxy) is 1. The van der Waals surface area contributed by atoms with Crippen molar-refractivity contribution in [2.75, 3.05) is 25.0 Å². The molecule has 1 aliphatic rings. The van der Waals surface area contributed by atoms with Gasteiger partial charge < -0.3 is 15.0 Å². The maximum absolute atomic E-state index is 13.0. The average molecular weight is 581 g/mol. The molecule has 1 saturated heterocycles. The van der Waals surface area contributed by atoms with Crippen LogP contribution in [0.15, 0.2) is 77.3 Å². The van der Waals surface area contributed by atoms with Gasteiger partial charge in [-0.1, -0.05) is 59.1 Å². The lowest BCUT2D eigenvalue weighted by Gasteiger charge is -2.20. The van der Waals surface area contributed by atoms with E-state index < -0.39 is 0 Å². The molecule has 0 aliphatic carbocycles. The van der Waals surface area contributed by atoms with Gasteiger partial charge in [0.25, 0.3) is 11.8 Å². The molecule has 0 radical (unpaired) electrons. The molecule has 192 valence electrons. The molecule has 1 fully saturated rings. The first kappa shape index (κ1) is 26.8. The van der Waals surface area contributed by atoms with Crippen LogP contribution in [0.2, 0.25) is 0 Å². The quantitative estimate of drug-likeness (QED) is 0.325. The van der Waals surface area contributed by atoms with Crippen molar-refractivity contribution in [1.29, 1.82) is 0 Å². The number of likely N-dealkylation sites (tertiary alicyclic amines) is 1. The van der Waals surface area contributed by atoms with Gasteiger partial charge in [-0.3, -0.25) is 14.9 Å². The van der Waals surface area contributed by atoms with Gasteiger partial charge in [0.05, 0.1) is 12.2 Å². The zero-order valence-electron chi connectivity index (χ0n) is 20.5. The van der Waals surface area contributed by atoms with E-state index in [0.717, 1.165) is 42.4 Å². The number of anilines is 1. The van der Waals surface area contributed by atoms with Crippen molar-refractivity contribution in [2.45, 2.75) is 32.1 Å². The number of nitrogens with one attached hydrogen (secondary N) is 2. The molecule has 37 heavy (non-hydrogen) atoms. The molecule has 8 heteroatoms. The molecule has 0 unspecified atom stereocenters. The van der Waals surface area contributed by atoms with E-state index in [4.69, 9.17) is 17.0 Å². The van der Waals surface area contributed by atoms with Gasteiger partial charge in [-0.2, -0.15) is 0 Å². The second-order valence-electron chi connectivity index (χ2n) is 8.92. The number of hydrogen-bond acceptors (Lipinski definition) is 4. The number of amides is 2. The van der Waals surface area contributed by atoms with Gasteiger partial charge in [0.15, 0.2) is 5.11 Å². The minimum Gasteiger partial charge on any atom is -0.492 e. The smallest absolute Gasteiger partial charge is 0.261 e. The fourth-order valence-corrected chi connectivity index (χ4v) is 4.79. The zero-order chi connectivity index (χ0) is 26.0. The van der Waals surface area contributed by atoms with Gasteiger partial charge in [0.1, 0.15) is 5.75 Å². The lowest BCUT2D eigenvalue weighted by atomic mass is 10.1. The molecule has 4 rings (SSSR count). The molecule has 3 aromatic rings. The first-order chi connectivity index (χ1) is 18.0. The van der Waals surface area contributed by atoms with Crippen LogP contribution in [0.25, 0.3) is 0 Å². The van der Waals surface area contributed by atoms with Crippen molar-refractivity contribution < 1.29 is 14.3 Å². The molecular weight excluding hydrogens is 550 g/mol. The van der Waals surface area contributed by atoms with Gasteiger partial charge in [-0.05, 0) is 73.1 Å². The van der Waals surface area contributed by atoms with E-state index in [9.17, 15) is 9.59 Å². The van der Waals surface area contributed by atoms with E-state index >= 15 is 0 Å². The molecular formula is C29H30BrN3O3S. The Bertz CT molecular complexity index is 1230. The minimum absolute atomic E-state index is 0.0544. The Hall–Kier alpha value is -3.23. The summed E-state index contributed by atoms with van der Waals surface area (Å²) in [5.74, 6) is 0.163. The largest absolute Gasteiger partial charge is 0.492 e. The molecule has 0 atom stereocenters. The van der Waals surface area contributed by atoms with Crippen molar-refractivity contribution in [3.8, 4) is 5.75 Å². The fourth-order valence-electron chi connectivity index (χ4n) is 4.21. The van der Waals surface area contributed by atoms with E-state index in [-0.39, 0.29) is 16.9 Å². The summed E-state index contributed by atoms with van der Waals surface area (Å²) in [6.45, 7) is 2.06. The van der Waals surface area contributed by atoms with Gasteiger partial charge in [-0.15, -0.1) is 0 Å². The SMILES string of the molecule is O=C(NC(=S)Nc1ccc(C(=O)N2CCCCCC2)cc1)c1cc(Br)ccc1OCCc1ccccc1. The van der Waals surface area contributed by atoms with Crippen molar-refractivity contribution in [2.24, 2.45) is 0 Å². The number of halogens is 1. The number of benzene rings is 3. The predicted octanol–water partition coefficient (Wildman–Crippen LogP) is 6.21. The molecule has 6 nitrogen and oxygen atoms in total. The van der Waals surface area contributed by atoms with Crippen molar-refractivity contribution in [3.63, 3.8) is 0 Å². The molecule has 2 amide bonds. The first-order valence-corrected chi connectivity index (χ1v) is 13.7. The van der Waals surface area contributed by atoms with Crippen LogP contribution in [0.4, 0.5) is 5.69 Å². The summed E-state index contributed by atoms with van der Waals surface area (Å²) in [5.41, 5.74) is 2.88.